The highest BCUT2D eigenvalue weighted by Crippen LogP contribution is 2.28. The number of nitrogen functional groups attached to an aromatic ring is 1. The predicted molar refractivity (Wildman–Crippen MR) is 110 cm³/mol. The Balaban J connectivity index is 2.75. The van der Waals surface area contributed by atoms with Gasteiger partial charge >= 0.3 is 5.97 Å². The van der Waals surface area contributed by atoms with Gasteiger partial charge in [0.1, 0.15) is 12.1 Å². The van der Waals surface area contributed by atoms with Gasteiger partial charge in [-0.25, -0.2) is 0 Å². The van der Waals surface area contributed by atoms with Gasteiger partial charge in [-0.05, 0) is 31.0 Å². The first kappa shape index (κ1) is 23.9. The van der Waals surface area contributed by atoms with E-state index in [2.05, 4.69) is 16.0 Å². The van der Waals surface area contributed by atoms with Crippen LogP contribution in [0.4, 0.5) is 11.4 Å². The lowest BCUT2D eigenvalue weighted by Crippen LogP contribution is -2.45. The number of benzene rings is 1. The summed E-state index contributed by atoms with van der Waals surface area (Å²) in [6, 6.07) is 4.18. The normalized spacial score (nSPS) is 12.6. The Hall–Kier alpha value is -3.10. The van der Waals surface area contributed by atoms with Gasteiger partial charge < -0.3 is 26.4 Å². The van der Waals surface area contributed by atoms with Crippen LogP contribution in [0.2, 0.25) is 0 Å². The SMILES string of the molecule is CC[C@@H](OC(=O)C(C)C)c1ccc(NC(=O)C(C)NC(=O)CNC(C)=O)c(N)c1. The number of ether oxygens (including phenoxy) is 1. The minimum Gasteiger partial charge on any atom is -0.457 e. The quantitative estimate of drug-likeness (QED) is 0.362. The Morgan fingerprint density at radius 1 is 1.14 bits per heavy atom. The number of hydrogen-bond acceptors (Lipinski definition) is 6. The summed E-state index contributed by atoms with van der Waals surface area (Å²) in [5.74, 6) is -1.81. The van der Waals surface area contributed by atoms with E-state index in [0.717, 1.165) is 5.56 Å². The Labute approximate surface area is 170 Å². The summed E-state index contributed by atoms with van der Waals surface area (Å²) >= 11 is 0. The number of nitrogens with one attached hydrogen (secondary N) is 3. The predicted octanol–water partition coefficient (Wildman–Crippen LogP) is 1.50. The molecule has 0 saturated carbocycles. The lowest BCUT2D eigenvalue weighted by Gasteiger charge is -2.20. The zero-order valence-corrected chi connectivity index (χ0v) is 17.5. The fourth-order valence-corrected chi connectivity index (χ4v) is 2.36. The molecule has 9 heteroatoms. The smallest absolute Gasteiger partial charge is 0.308 e. The second kappa shape index (κ2) is 11.0. The van der Waals surface area contributed by atoms with Crippen molar-refractivity contribution in [2.45, 2.75) is 53.2 Å². The molecule has 160 valence electrons. The average Bonchev–Trinajstić information content (AvgIpc) is 2.65. The molecule has 2 atom stereocenters. The summed E-state index contributed by atoms with van der Waals surface area (Å²) in [6.07, 6.45) is 0.157. The molecular formula is C20H30N4O5. The van der Waals surface area contributed by atoms with Crippen LogP contribution < -0.4 is 21.7 Å². The fourth-order valence-electron chi connectivity index (χ4n) is 2.36. The molecule has 3 amide bonds. The number of rotatable bonds is 9. The van der Waals surface area contributed by atoms with Crippen LogP contribution in [0.15, 0.2) is 18.2 Å². The van der Waals surface area contributed by atoms with Crippen LogP contribution in [0.1, 0.15) is 52.7 Å². The second-order valence-electron chi connectivity index (χ2n) is 7.02. The molecule has 0 radical (unpaired) electrons. The lowest BCUT2D eigenvalue weighted by molar-refractivity contribution is -0.153. The average molecular weight is 406 g/mol. The van der Waals surface area contributed by atoms with Gasteiger partial charge in [0, 0.05) is 6.92 Å². The Kier molecular flexibility index (Phi) is 9.11. The van der Waals surface area contributed by atoms with Crippen LogP contribution in [0.3, 0.4) is 0 Å². The minimum atomic E-state index is -0.828. The van der Waals surface area contributed by atoms with Crippen LogP contribution in [0.25, 0.3) is 0 Å². The molecule has 1 aromatic rings. The second-order valence-corrected chi connectivity index (χ2v) is 7.02. The van der Waals surface area contributed by atoms with E-state index < -0.39 is 24.0 Å². The van der Waals surface area contributed by atoms with Crippen molar-refractivity contribution in [3.63, 3.8) is 0 Å². The van der Waals surface area contributed by atoms with Crippen molar-refractivity contribution in [3.05, 3.63) is 23.8 Å². The monoisotopic (exact) mass is 406 g/mol. The highest BCUT2D eigenvalue weighted by Gasteiger charge is 2.20. The van der Waals surface area contributed by atoms with Crippen LogP contribution in [-0.2, 0) is 23.9 Å². The fraction of sp³-hybridized carbons (Fsp3) is 0.500. The summed E-state index contributed by atoms with van der Waals surface area (Å²) in [4.78, 5) is 46.7. The summed E-state index contributed by atoms with van der Waals surface area (Å²) < 4.78 is 5.49. The molecule has 5 N–H and O–H groups in total. The highest BCUT2D eigenvalue weighted by atomic mass is 16.5. The van der Waals surface area contributed by atoms with Crippen molar-refractivity contribution in [2.75, 3.05) is 17.6 Å². The van der Waals surface area contributed by atoms with Gasteiger partial charge in [0.25, 0.3) is 0 Å². The standard InChI is InChI=1S/C20H30N4O5/c1-6-17(29-20(28)11(2)3)14-7-8-16(15(21)9-14)24-19(27)12(4)23-18(26)10-22-13(5)25/h7-9,11-12,17H,6,10,21H2,1-5H3,(H,22,25)(H,23,26)(H,24,27)/t12?,17-/m1/s1. The molecule has 0 spiro atoms. The van der Waals surface area contributed by atoms with Gasteiger partial charge in [-0.1, -0.05) is 26.8 Å². The summed E-state index contributed by atoms with van der Waals surface area (Å²) in [7, 11) is 0. The number of hydrogen-bond donors (Lipinski definition) is 4. The van der Waals surface area contributed by atoms with Gasteiger partial charge in [0.2, 0.25) is 17.7 Å². The third-order valence-electron chi connectivity index (χ3n) is 4.07. The number of nitrogens with two attached hydrogens (primary N) is 1. The molecule has 0 bridgehead atoms. The van der Waals surface area contributed by atoms with E-state index in [4.69, 9.17) is 10.5 Å². The Morgan fingerprint density at radius 2 is 1.79 bits per heavy atom. The Bertz CT molecular complexity index is 763. The van der Waals surface area contributed by atoms with Gasteiger partial charge in [-0.2, -0.15) is 0 Å². The molecule has 0 aromatic heterocycles. The molecule has 29 heavy (non-hydrogen) atoms. The maximum atomic E-state index is 12.3. The molecule has 0 aliphatic carbocycles. The first-order chi connectivity index (χ1) is 13.5. The first-order valence-corrected chi connectivity index (χ1v) is 9.49. The largest absolute Gasteiger partial charge is 0.457 e. The molecule has 0 aliphatic rings. The third kappa shape index (κ3) is 7.81. The van der Waals surface area contributed by atoms with Crippen LogP contribution in [-0.4, -0.2) is 36.3 Å². The Morgan fingerprint density at radius 3 is 2.31 bits per heavy atom. The van der Waals surface area contributed by atoms with Crippen molar-refractivity contribution < 1.29 is 23.9 Å². The van der Waals surface area contributed by atoms with Crippen molar-refractivity contribution in [1.29, 1.82) is 0 Å². The van der Waals surface area contributed by atoms with Gasteiger partial charge in [-0.3, -0.25) is 19.2 Å². The number of esters is 1. The first-order valence-electron chi connectivity index (χ1n) is 9.49. The van der Waals surface area contributed by atoms with E-state index in [9.17, 15) is 19.2 Å². The zero-order valence-electron chi connectivity index (χ0n) is 17.5. The van der Waals surface area contributed by atoms with Gasteiger partial charge in [0.05, 0.1) is 23.8 Å². The molecule has 0 saturated heterocycles. The maximum absolute atomic E-state index is 12.3. The van der Waals surface area contributed by atoms with E-state index in [-0.39, 0.29) is 24.3 Å². The van der Waals surface area contributed by atoms with Crippen LogP contribution in [0.5, 0.6) is 0 Å². The van der Waals surface area contributed by atoms with E-state index in [1.165, 1.54) is 13.8 Å². The van der Waals surface area contributed by atoms with E-state index in [1.54, 1.807) is 32.0 Å². The minimum absolute atomic E-state index is 0.211. The van der Waals surface area contributed by atoms with Crippen molar-refractivity contribution in [2.24, 2.45) is 5.92 Å². The molecule has 0 aliphatic heterocycles. The lowest BCUT2D eigenvalue weighted by atomic mass is 10.0. The molecule has 0 heterocycles. The summed E-state index contributed by atoms with van der Waals surface area (Å²) in [5.41, 5.74) is 7.47. The topological polar surface area (TPSA) is 140 Å². The molecule has 0 fully saturated rings. The summed E-state index contributed by atoms with van der Waals surface area (Å²) in [5, 5.41) is 7.48. The molecule has 9 nitrogen and oxygen atoms in total. The number of carbonyl (C=O) groups excluding carboxylic acids is 4. The van der Waals surface area contributed by atoms with Gasteiger partial charge in [0.15, 0.2) is 0 Å². The molecule has 1 unspecified atom stereocenters. The van der Waals surface area contributed by atoms with E-state index >= 15 is 0 Å². The number of amides is 3. The number of anilines is 2. The van der Waals surface area contributed by atoms with Crippen LogP contribution in [0, 0.1) is 5.92 Å². The molecular weight excluding hydrogens is 376 g/mol. The van der Waals surface area contributed by atoms with Crippen molar-refractivity contribution in [1.82, 2.24) is 10.6 Å². The zero-order chi connectivity index (χ0) is 22.1. The molecule has 1 aromatic carbocycles. The van der Waals surface area contributed by atoms with Crippen LogP contribution >= 0.6 is 0 Å². The van der Waals surface area contributed by atoms with E-state index in [1.807, 2.05) is 6.92 Å². The number of carbonyl (C=O) groups is 4. The third-order valence-corrected chi connectivity index (χ3v) is 4.07. The summed E-state index contributed by atoms with van der Waals surface area (Å²) in [6.45, 7) is 8.02. The van der Waals surface area contributed by atoms with Crippen molar-refractivity contribution >= 4 is 35.1 Å². The van der Waals surface area contributed by atoms with Gasteiger partial charge in [-0.15, -0.1) is 0 Å². The molecule has 1 rings (SSSR count). The maximum Gasteiger partial charge on any atom is 0.308 e. The van der Waals surface area contributed by atoms with Crippen molar-refractivity contribution in [3.8, 4) is 0 Å². The van der Waals surface area contributed by atoms with E-state index in [0.29, 0.717) is 17.8 Å². The highest BCUT2D eigenvalue weighted by molar-refractivity contribution is 5.99.